The van der Waals surface area contributed by atoms with Crippen LogP contribution in [-0.2, 0) is 14.3 Å². The number of methoxy groups -OCH3 is 1. The lowest BCUT2D eigenvalue weighted by molar-refractivity contribution is -0.148. The molecule has 1 unspecified atom stereocenters. The third-order valence-corrected chi connectivity index (χ3v) is 4.01. The fourth-order valence-corrected chi connectivity index (χ4v) is 2.58. The Morgan fingerprint density at radius 2 is 1.81 bits per heavy atom. The Balaban J connectivity index is 2.56. The highest BCUT2D eigenvalue weighted by Gasteiger charge is 2.41. The SMILES string of the molecule is COC(=O)C(NC(=O)NCC1(C(=O)O)CCCC1)C(C)C. The molecule has 3 N–H and O–H groups in total. The van der Waals surface area contributed by atoms with Crippen molar-refractivity contribution in [2.45, 2.75) is 45.6 Å². The van der Waals surface area contributed by atoms with Crippen LogP contribution >= 0.6 is 0 Å². The summed E-state index contributed by atoms with van der Waals surface area (Å²) in [5.74, 6) is -1.52. The van der Waals surface area contributed by atoms with Crippen molar-refractivity contribution in [3.8, 4) is 0 Å². The van der Waals surface area contributed by atoms with Gasteiger partial charge in [-0.05, 0) is 18.8 Å². The van der Waals surface area contributed by atoms with Gasteiger partial charge >= 0.3 is 18.0 Å². The molecule has 1 aliphatic rings. The summed E-state index contributed by atoms with van der Waals surface area (Å²) in [4.78, 5) is 34.8. The number of hydrogen-bond donors (Lipinski definition) is 3. The van der Waals surface area contributed by atoms with Crippen molar-refractivity contribution in [1.29, 1.82) is 0 Å². The van der Waals surface area contributed by atoms with Gasteiger partial charge in [0.25, 0.3) is 0 Å². The Morgan fingerprint density at radius 1 is 1.24 bits per heavy atom. The molecule has 0 aromatic rings. The standard InChI is InChI=1S/C14H24N2O5/c1-9(2)10(11(17)21-3)16-13(20)15-8-14(12(18)19)6-4-5-7-14/h9-10H,4-8H2,1-3H3,(H,18,19)(H2,15,16,20). The fourth-order valence-electron chi connectivity index (χ4n) is 2.58. The van der Waals surface area contributed by atoms with Gasteiger partial charge in [0, 0.05) is 6.54 Å². The largest absolute Gasteiger partial charge is 0.481 e. The van der Waals surface area contributed by atoms with Crippen LogP contribution in [0.4, 0.5) is 4.79 Å². The Labute approximate surface area is 124 Å². The number of carbonyl (C=O) groups is 3. The number of urea groups is 1. The van der Waals surface area contributed by atoms with E-state index in [4.69, 9.17) is 0 Å². The van der Waals surface area contributed by atoms with Crippen molar-refractivity contribution in [3.05, 3.63) is 0 Å². The number of ether oxygens (including phenoxy) is 1. The van der Waals surface area contributed by atoms with Gasteiger partial charge in [-0.2, -0.15) is 0 Å². The van der Waals surface area contributed by atoms with Crippen LogP contribution in [0, 0.1) is 11.3 Å². The lowest BCUT2D eigenvalue weighted by Gasteiger charge is -2.25. The minimum absolute atomic E-state index is 0.0696. The molecule has 2 amide bonds. The van der Waals surface area contributed by atoms with E-state index in [1.54, 1.807) is 13.8 Å². The fraction of sp³-hybridized carbons (Fsp3) is 0.786. The molecular weight excluding hydrogens is 276 g/mol. The molecule has 0 saturated heterocycles. The van der Waals surface area contributed by atoms with Crippen molar-refractivity contribution >= 4 is 18.0 Å². The Bertz CT molecular complexity index is 402. The lowest BCUT2D eigenvalue weighted by Crippen LogP contribution is -2.51. The van der Waals surface area contributed by atoms with Crippen LogP contribution in [0.3, 0.4) is 0 Å². The quantitative estimate of drug-likeness (QED) is 0.638. The Morgan fingerprint density at radius 3 is 2.24 bits per heavy atom. The van der Waals surface area contributed by atoms with Gasteiger partial charge in [-0.25, -0.2) is 9.59 Å². The van der Waals surface area contributed by atoms with E-state index >= 15 is 0 Å². The molecule has 1 fully saturated rings. The van der Waals surface area contributed by atoms with E-state index in [1.807, 2.05) is 0 Å². The van der Waals surface area contributed by atoms with Crippen LogP contribution in [0.2, 0.25) is 0 Å². The smallest absolute Gasteiger partial charge is 0.328 e. The van der Waals surface area contributed by atoms with Crippen LogP contribution in [0.25, 0.3) is 0 Å². The molecule has 0 aromatic carbocycles. The summed E-state index contributed by atoms with van der Waals surface area (Å²) in [6.45, 7) is 3.65. The topological polar surface area (TPSA) is 105 Å². The first-order chi connectivity index (χ1) is 9.82. The zero-order valence-corrected chi connectivity index (χ0v) is 12.8. The second-order valence-corrected chi connectivity index (χ2v) is 5.86. The zero-order chi connectivity index (χ0) is 16.0. The van der Waals surface area contributed by atoms with Gasteiger partial charge < -0.3 is 20.5 Å². The van der Waals surface area contributed by atoms with E-state index in [2.05, 4.69) is 15.4 Å². The third kappa shape index (κ3) is 4.34. The second-order valence-electron chi connectivity index (χ2n) is 5.86. The van der Waals surface area contributed by atoms with E-state index < -0.39 is 29.4 Å². The van der Waals surface area contributed by atoms with Crippen molar-refractivity contribution in [2.24, 2.45) is 11.3 Å². The highest BCUT2D eigenvalue weighted by atomic mass is 16.5. The summed E-state index contributed by atoms with van der Waals surface area (Å²) in [5.41, 5.74) is -0.879. The predicted octanol–water partition coefficient (Wildman–Crippen LogP) is 1.13. The zero-order valence-electron chi connectivity index (χ0n) is 12.8. The normalized spacial score (nSPS) is 18.1. The average Bonchev–Trinajstić information content (AvgIpc) is 2.91. The molecule has 0 heterocycles. The first-order valence-electron chi connectivity index (χ1n) is 7.18. The van der Waals surface area contributed by atoms with Crippen LogP contribution in [-0.4, -0.2) is 42.8 Å². The van der Waals surface area contributed by atoms with Gasteiger partial charge in [-0.1, -0.05) is 26.7 Å². The summed E-state index contributed by atoms with van der Waals surface area (Å²) < 4.78 is 4.63. The minimum Gasteiger partial charge on any atom is -0.481 e. The van der Waals surface area contributed by atoms with Crippen molar-refractivity contribution in [3.63, 3.8) is 0 Å². The maximum absolute atomic E-state index is 11.9. The number of amides is 2. The van der Waals surface area contributed by atoms with Crippen LogP contribution < -0.4 is 10.6 Å². The van der Waals surface area contributed by atoms with E-state index in [1.165, 1.54) is 7.11 Å². The number of rotatable bonds is 6. The summed E-state index contributed by atoms with van der Waals surface area (Å²) in [7, 11) is 1.26. The lowest BCUT2D eigenvalue weighted by atomic mass is 9.86. The highest BCUT2D eigenvalue weighted by molar-refractivity contribution is 5.84. The number of carboxylic acid groups (broad SMARTS) is 1. The van der Waals surface area contributed by atoms with E-state index in [0.717, 1.165) is 12.8 Å². The van der Waals surface area contributed by atoms with Gasteiger partial charge in [0.1, 0.15) is 6.04 Å². The monoisotopic (exact) mass is 300 g/mol. The van der Waals surface area contributed by atoms with E-state index in [0.29, 0.717) is 12.8 Å². The third-order valence-electron chi connectivity index (χ3n) is 4.01. The molecule has 1 rings (SSSR count). The molecule has 7 nitrogen and oxygen atoms in total. The summed E-state index contributed by atoms with van der Waals surface area (Å²) in [5, 5.41) is 14.4. The van der Waals surface area contributed by atoms with Gasteiger partial charge in [-0.3, -0.25) is 4.79 Å². The van der Waals surface area contributed by atoms with Crippen molar-refractivity contribution in [1.82, 2.24) is 10.6 Å². The summed E-state index contributed by atoms with van der Waals surface area (Å²) >= 11 is 0. The number of aliphatic carboxylic acids is 1. The van der Waals surface area contributed by atoms with Gasteiger partial charge in [0.2, 0.25) is 0 Å². The molecule has 0 radical (unpaired) electrons. The number of carbonyl (C=O) groups excluding carboxylic acids is 2. The number of hydrogen-bond acceptors (Lipinski definition) is 4. The van der Waals surface area contributed by atoms with Crippen molar-refractivity contribution < 1.29 is 24.2 Å². The minimum atomic E-state index is -0.881. The Hall–Kier alpha value is -1.79. The first kappa shape index (κ1) is 17.3. The molecular formula is C14H24N2O5. The molecule has 0 aliphatic heterocycles. The molecule has 1 aliphatic carbocycles. The molecule has 0 aromatic heterocycles. The second kappa shape index (κ2) is 7.28. The maximum Gasteiger partial charge on any atom is 0.328 e. The number of carboxylic acids is 1. The average molecular weight is 300 g/mol. The van der Waals surface area contributed by atoms with E-state index in [9.17, 15) is 19.5 Å². The van der Waals surface area contributed by atoms with Crippen LogP contribution in [0.1, 0.15) is 39.5 Å². The molecule has 1 saturated carbocycles. The molecule has 0 spiro atoms. The van der Waals surface area contributed by atoms with Gasteiger partial charge in [0.05, 0.1) is 12.5 Å². The van der Waals surface area contributed by atoms with Gasteiger partial charge in [0.15, 0.2) is 0 Å². The Kier molecular flexibility index (Phi) is 5.99. The molecule has 7 heteroatoms. The highest BCUT2D eigenvalue weighted by Crippen LogP contribution is 2.37. The van der Waals surface area contributed by atoms with E-state index in [-0.39, 0.29) is 12.5 Å². The molecule has 0 bridgehead atoms. The van der Waals surface area contributed by atoms with Crippen molar-refractivity contribution in [2.75, 3.05) is 13.7 Å². The first-order valence-corrected chi connectivity index (χ1v) is 7.18. The number of esters is 1. The van der Waals surface area contributed by atoms with Crippen LogP contribution in [0.5, 0.6) is 0 Å². The molecule has 120 valence electrons. The van der Waals surface area contributed by atoms with Crippen LogP contribution in [0.15, 0.2) is 0 Å². The number of nitrogens with one attached hydrogen (secondary N) is 2. The maximum atomic E-state index is 11.9. The molecule has 21 heavy (non-hydrogen) atoms. The summed E-state index contributed by atoms with van der Waals surface area (Å²) in [6, 6.07) is -1.30. The summed E-state index contributed by atoms with van der Waals surface area (Å²) in [6.07, 6.45) is 2.83. The predicted molar refractivity (Wildman–Crippen MR) is 75.7 cm³/mol. The molecule has 1 atom stereocenters. The van der Waals surface area contributed by atoms with Gasteiger partial charge in [-0.15, -0.1) is 0 Å².